The van der Waals surface area contributed by atoms with Crippen molar-refractivity contribution in [1.29, 1.82) is 0 Å². The molecule has 0 aliphatic rings. The van der Waals surface area contributed by atoms with E-state index in [1.54, 1.807) is 6.07 Å². The van der Waals surface area contributed by atoms with Crippen LogP contribution >= 0.6 is 0 Å². The third kappa shape index (κ3) is 6.18. The molecule has 0 bridgehead atoms. The molecule has 0 unspecified atom stereocenters. The van der Waals surface area contributed by atoms with Gasteiger partial charge in [0, 0.05) is 19.8 Å². The Morgan fingerprint density at radius 1 is 1.30 bits per heavy atom. The lowest BCUT2D eigenvalue weighted by Gasteiger charge is -2.20. The van der Waals surface area contributed by atoms with Gasteiger partial charge in [0.1, 0.15) is 17.9 Å². The zero-order valence-corrected chi connectivity index (χ0v) is 12.5. The first-order valence-electron chi connectivity index (χ1n) is 6.81. The van der Waals surface area contributed by atoms with Crippen LogP contribution in [0.25, 0.3) is 0 Å². The number of carboxylic acid groups (broad SMARTS) is 1. The van der Waals surface area contributed by atoms with E-state index in [0.717, 1.165) is 0 Å². The van der Waals surface area contributed by atoms with E-state index in [2.05, 4.69) is 16.6 Å². The lowest BCUT2D eigenvalue weighted by atomic mass is 10.0. The SMILES string of the molecule is C#CC[C@H](NC(=O)[C@H](Cc1cccc(F)c1)NC(C)=O)C(=O)O. The second-order valence-corrected chi connectivity index (χ2v) is 4.89. The monoisotopic (exact) mass is 320 g/mol. The first-order chi connectivity index (χ1) is 10.8. The number of aliphatic carboxylic acids is 1. The molecule has 122 valence electrons. The highest BCUT2D eigenvalue weighted by molar-refractivity contribution is 5.90. The van der Waals surface area contributed by atoms with E-state index in [0.29, 0.717) is 5.56 Å². The summed E-state index contributed by atoms with van der Waals surface area (Å²) >= 11 is 0. The van der Waals surface area contributed by atoms with Crippen molar-refractivity contribution in [2.45, 2.75) is 31.8 Å². The van der Waals surface area contributed by atoms with E-state index in [1.807, 2.05) is 0 Å². The molecular weight excluding hydrogens is 303 g/mol. The molecule has 0 radical (unpaired) electrons. The molecule has 0 aliphatic heterocycles. The van der Waals surface area contributed by atoms with E-state index >= 15 is 0 Å². The van der Waals surface area contributed by atoms with Crippen LogP contribution in [-0.2, 0) is 20.8 Å². The number of amides is 2. The van der Waals surface area contributed by atoms with Crippen molar-refractivity contribution in [3.63, 3.8) is 0 Å². The Hall–Kier alpha value is -2.88. The summed E-state index contributed by atoms with van der Waals surface area (Å²) in [5, 5.41) is 13.7. The van der Waals surface area contributed by atoms with Gasteiger partial charge in [-0.1, -0.05) is 12.1 Å². The molecule has 0 spiro atoms. The zero-order chi connectivity index (χ0) is 17.4. The summed E-state index contributed by atoms with van der Waals surface area (Å²) in [4.78, 5) is 34.5. The van der Waals surface area contributed by atoms with Crippen LogP contribution in [0.4, 0.5) is 4.39 Å². The van der Waals surface area contributed by atoms with Gasteiger partial charge in [-0.15, -0.1) is 12.3 Å². The fourth-order valence-corrected chi connectivity index (χ4v) is 1.94. The Balaban J connectivity index is 2.88. The third-order valence-electron chi connectivity index (χ3n) is 2.96. The summed E-state index contributed by atoms with van der Waals surface area (Å²) in [6, 6.07) is 3.28. The van der Waals surface area contributed by atoms with E-state index in [-0.39, 0.29) is 12.8 Å². The Morgan fingerprint density at radius 3 is 2.52 bits per heavy atom. The number of benzene rings is 1. The number of carbonyl (C=O) groups excluding carboxylic acids is 2. The molecule has 1 aromatic rings. The number of carboxylic acids is 1. The number of rotatable bonds is 7. The lowest BCUT2D eigenvalue weighted by Crippen LogP contribution is -2.52. The van der Waals surface area contributed by atoms with Crippen molar-refractivity contribution in [3.05, 3.63) is 35.6 Å². The molecular formula is C16H17FN2O4. The maximum atomic E-state index is 13.2. The molecule has 23 heavy (non-hydrogen) atoms. The summed E-state index contributed by atoms with van der Waals surface area (Å²) in [5.41, 5.74) is 0.489. The highest BCUT2D eigenvalue weighted by Gasteiger charge is 2.25. The van der Waals surface area contributed by atoms with Crippen molar-refractivity contribution < 1.29 is 23.9 Å². The molecule has 6 nitrogen and oxygen atoms in total. The van der Waals surface area contributed by atoms with E-state index in [1.165, 1.54) is 25.1 Å². The van der Waals surface area contributed by atoms with Crippen LogP contribution in [0.5, 0.6) is 0 Å². The molecule has 1 aromatic carbocycles. The van der Waals surface area contributed by atoms with Gasteiger partial charge >= 0.3 is 5.97 Å². The molecule has 0 aromatic heterocycles. The molecule has 0 saturated carbocycles. The van der Waals surface area contributed by atoms with Gasteiger partial charge in [-0.2, -0.15) is 0 Å². The fraction of sp³-hybridized carbons (Fsp3) is 0.312. The predicted octanol–water partition coefficient (Wildman–Crippen LogP) is 0.466. The van der Waals surface area contributed by atoms with Gasteiger partial charge in [0.15, 0.2) is 0 Å². The predicted molar refractivity (Wildman–Crippen MR) is 80.7 cm³/mol. The topological polar surface area (TPSA) is 95.5 Å². The van der Waals surface area contributed by atoms with E-state index in [9.17, 15) is 18.8 Å². The van der Waals surface area contributed by atoms with Crippen molar-refractivity contribution in [3.8, 4) is 12.3 Å². The van der Waals surface area contributed by atoms with Crippen LogP contribution in [0.3, 0.4) is 0 Å². The van der Waals surface area contributed by atoms with Crippen LogP contribution in [0.1, 0.15) is 18.9 Å². The van der Waals surface area contributed by atoms with Crippen molar-refractivity contribution in [2.75, 3.05) is 0 Å². The van der Waals surface area contributed by atoms with Crippen LogP contribution in [0, 0.1) is 18.2 Å². The van der Waals surface area contributed by atoms with Gasteiger partial charge in [-0.3, -0.25) is 9.59 Å². The first-order valence-corrected chi connectivity index (χ1v) is 6.81. The molecule has 0 aliphatic carbocycles. The molecule has 2 atom stereocenters. The smallest absolute Gasteiger partial charge is 0.327 e. The quantitative estimate of drug-likeness (QED) is 0.636. The number of hydrogen-bond donors (Lipinski definition) is 3. The van der Waals surface area contributed by atoms with Crippen LogP contribution in [-0.4, -0.2) is 35.0 Å². The fourth-order valence-electron chi connectivity index (χ4n) is 1.94. The maximum Gasteiger partial charge on any atom is 0.327 e. The Kier molecular flexibility index (Phi) is 6.74. The Bertz CT molecular complexity index is 639. The molecule has 1 rings (SSSR count). The molecule has 3 N–H and O–H groups in total. The molecule has 0 saturated heterocycles. The summed E-state index contributed by atoms with van der Waals surface area (Å²) < 4.78 is 13.2. The second kappa shape index (κ2) is 8.54. The van der Waals surface area contributed by atoms with Crippen LogP contribution < -0.4 is 10.6 Å². The summed E-state index contributed by atoms with van der Waals surface area (Å²) in [7, 11) is 0. The number of halogens is 1. The average Bonchev–Trinajstić information content (AvgIpc) is 2.45. The number of nitrogens with one attached hydrogen (secondary N) is 2. The summed E-state index contributed by atoms with van der Waals surface area (Å²) in [6.45, 7) is 1.22. The van der Waals surface area contributed by atoms with E-state index < -0.39 is 35.7 Å². The average molecular weight is 320 g/mol. The standard InChI is InChI=1S/C16H17FN2O4/c1-3-5-13(16(22)23)19-15(21)14(18-10(2)20)9-11-6-4-7-12(17)8-11/h1,4,6-8,13-14H,5,9H2,2H3,(H,18,20)(H,19,21)(H,22,23)/t13-,14-/m0/s1. The van der Waals surface area contributed by atoms with Gasteiger partial charge in [0.2, 0.25) is 11.8 Å². The van der Waals surface area contributed by atoms with Crippen LogP contribution in [0.2, 0.25) is 0 Å². The van der Waals surface area contributed by atoms with Crippen molar-refractivity contribution in [2.24, 2.45) is 0 Å². The summed E-state index contributed by atoms with van der Waals surface area (Å²) in [5.74, 6) is -0.757. The Labute approximate surface area is 133 Å². The number of terminal acetylenes is 1. The molecule has 7 heteroatoms. The second-order valence-electron chi connectivity index (χ2n) is 4.89. The van der Waals surface area contributed by atoms with Crippen molar-refractivity contribution >= 4 is 17.8 Å². The Morgan fingerprint density at radius 2 is 2.00 bits per heavy atom. The largest absolute Gasteiger partial charge is 0.480 e. The third-order valence-corrected chi connectivity index (χ3v) is 2.96. The summed E-state index contributed by atoms with van der Waals surface area (Å²) in [6.07, 6.45) is 4.90. The number of carbonyl (C=O) groups is 3. The van der Waals surface area contributed by atoms with Crippen LogP contribution in [0.15, 0.2) is 24.3 Å². The molecule has 0 heterocycles. The minimum atomic E-state index is -1.27. The number of hydrogen-bond acceptors (Lipinski definition) is 3. The van der Waals surface area contributed by atoms with Gasteiger partial charge < -0.3 is 15.7 Å². The minimum absolute atomic E-state index is 0.0194. The normalized spacial score (nSPS) is 12.6. The highest BCUT2D eigenvalue weighted by atomic mass is 19.1. The van der Waals surface area contributed by atoms with E-state index in [4.69, 9.17) is 11.5 Å². The van der Waals surface area contributed by atoms with Gasteiger partial charge in [0.05, 0.1) is 0 Å². The zero-order valence-electron chi connectivity index (χ0n) is 12.5. The maximum absolute atomic E-state index is 13.2. The molecule has 2 amide bonds. The lowest BCUT2D eigenvalue weighted by molar-refractivity contribution is -0.142. The minimum Gasteiger partial charge on any atom is -0.480 e. The van der Waals surface area contributed by atoms with Gasteiger partial charge in [-0.25, -0.2) is 9.18 Å². The van der Waals surface area contributed by atoms with Gasteiger partial charge in [0.25, 0.3) is 0 Å². The van der Waals surface area contributed by atoms with Crippen molar-refractivity contribution in [1.82, 2.24) is 10.6 Å². The first kappa shape index (κ1) is 18.2. The highest BCUT2D eigenvalue weighted by Crippen LogP contribution is 2.07. The van der Waals surface area contributed by atoms with Gasteiger partial charge in [-0.05, 0) is 17.7 Å². The molecule has 0 fully saturated rings.